The Labute approximate surface area is 173 Å². The lowest BCUT2D eigenvalue weighted by molar-refractivity contribution is 1.23. The van der Waals surface area contributed by atoms with Gasteiger partial charge in [0.15, 0.2) is 0 Å². The summed E-state index contributed by atoms with van der Waals surface area (Å²) in [5.74, 6) is 0. The first kappa shape index (κ1) is 20.2. The normalized spacial score (nSPS) is 12.8. The van der Waals surface area contributed by atoms with Crippen LogP contribution < -0.4 is 11.5 Å². The Bertz CT molecular complexity index is 1020. The van der Waals surface area contributed by atoms with E-state index in [0.717, 1.165) is 29.0 Å². The number of benzene rings is 3. The second kappa shape index (κ2) is 10.1. The van der Waals surface area contributed by atoms with Gasteiger partial charge in [-0.1, -0.05) is 84.4 Å². The van der Waals surface area contributed by atoms with Crippen LogP contribution in [0, 0.1) is 0 Å². The molecule has 146 valence electrons. The molecule has 0 saturated heterocycles. The Hall–Kier alpha value is -3.59. The minimum atomic E-state index is 0.641. The number of para-hydroxylation sites is 2. The molecule has 3 aromatic carbocycles. The van der Waals surface area contributed by atoms with E-state index in [0.29, 0.717) is 17.8 Å². The number of nitrogens with zero attached hydrogens (tertiary/aromatic N) is 1. The van der Waals surface area contributed by atoms with E-state index in [-0.39, 0.29) is 0 Å². The molecule has 0 aliphatic carbocycles. The molecule has 0 fully saturated rings. The van der Waals surface area contributed by atoms with Crippen molar-refractivity contribution in [2.75, 3.05) is 5.73 Å². The van der Waals surface area contributed by atoms with E-state index in [9.17, 15) is 0 Å². The van der Waals surface area contributed by atoms with Crippen LogP contribution in [-0.4, -0.2) is 5.71 Å². The highest BCUT2D eigenvalue weighted by atomic mass is 14.8. The van der Waals surface area contributed by atoms with E-state index < -0.39 is 0 Å². The van der Waals surface area contributed by atoms with Crippen LogP contribution in [0.1, 0.15) is 18.1 Å². The van der Waals surface area contributed by atoms with Gasteiger partial charge in [0.05, 0.1) is 22.8 Å². The van der Waals surface area contributed by atoms with Crippen LogP contribution in [0.15, 0.2) is 113 Å². The molecule has 3 aromatic rings. The second-order valence-corrected chi connectivity index (χ2v) is 7.02. The molecule has 0 aliphatic heterocycles. The topological polar surface area (TPSA) is 64.4 Å². The summed E-state index contributed by atoms with van der Waals surface area (Å²) >= 11 is 0. The van der Waals surface area contributed by atoms with Gasteiger partial charge in [-0.3, -0.25) is 0 Å². The fourth-order valence-corrected chi connectivity index (χ4v) is 3.01. The van der Waals surface area contributed by atoms with Crippen LogP contribution in [0.2, 0.25) is 0 Å². The molecule has 0 radical (unpaired) electrons. The summed E-state index contributed by atoms with van der Waals surface area (Å²) in [5, 5.41) is 0. The van der Waals surface area contributed by atoms with Crippen LogP contribution >= 0.6 is 0 Å². The molecule has 29 heavy (non-hydrogen) atoms. The summed E-state index contributed by atoms with van der Waals surface area (Å²) in [4.78, 5) is 4.80. The van der Waals surface area contributed by atoms with E-state index in [1.807, 2.05) is 54.6 Å². The fourth-order valence-electron chi connectivity index (χ4n) is 3.01. The molecule has 4 N–H and O–H groups in total. The number of hydrogen-bond donors (Lipinski definition) is 2. The third kappa shape index (κ3) is 6.22. The van der Waals surface area contributed by atoms with Crippen molar-refractivity contribution < 1.29 is 0 Å². The standard InChI is InChI=1S/C26H27N3/c1-20(16-17-21-10-4-2-5-11-21)18-24(28)26(19-22-12-6-3-7-13-22)29-25-15-9-8-14-23(25)27/h2-16,18H,17,19,27-28H2,1H3/b20-16-,24-18-,29-26?. The van der Waals surface area contributed by atoms with Crippen molar-refractivity contribution in [2.24, 2.45) is 10.7 Å². The first-order valence-electron chi connectivity index (χ1n) is 9.76. The summed E-state index contributed by atoms with van der Waals surface area (Å²) in [6.07, 6.45) is 5.68. The van der Waals surface area contributed by atoms with Crippen molar-refractivity contribution in [2.45, 2.75) is 19.8 Å². The summed E-state index contributed by atoms with van der Waals surface area (Å²) in [6, 6.07) is 28.2. The quantitative estimate of drug-likeness (QED) is 0.317. The predicted molar refractivity (Wildman–Crippen MR) is 124 cm³/mol. The fraction of sp³-hybridized carbons (Fsp3) is 0.115. The largest absolute Gasteiger partial charge is 0.397 e. The van der Waals surface area contributed by atoms with Gasteiger partial charge in [-0.25, -0.2) is 4.99 Å². The van der Waals surface area contributed by atoms with Gasteiger partial charge in [-0.05, 0) is 42.7 Å². The first-order chi connectivity index (χ1) is 14.1. The molecular weight excluding hydrogens is 354 g/mol. The van der Waals surface area contributed by atoms with Gasteiger partial charge >= 0.3 is 0 Å². The maximum Gasteiger partial charge on any atom is 0.0863 e. The molecular formula is C26H27N3. The van der Waals surface area contributed by atoms with E-state index >= 15 is 0 Å². The van der Waals surface area contributed by atoms with Crippen LogP contribution in [0.4, 0.5) is 11.4 Å². The molecule has 0 bridgehead atoms. The maximum atomic E-state index is 6.48. The number of nitrogen functional groups attached to an aromatic ring is 1. The summed E-state index contributed by atoms with van der Waals surface area (Å²) in [5.41, 5.74) is 18.9. The summed E-state index contributed by atoms with van der Waals surface area (Å²) in [7, 11) is 0. The van der Waals surface area contributed by atoms with E-state index in [2.05, 4.69) is 49.4 Å². The van der Waals surface area contributed by atoms with E-state index in [1.54, 1.807) is 0 Å². The SMILES string of the molecule is CC(=C/Cc1ccccc1)/C=C(\N)C(Cc1ccccc1)=Nc1ccccc1N. The van der Waals surface area contributed by atoms with Crippen molar-refractivity contribution >= 4 is 17.1 Å². The van der Waals surface area contributed by atoms with Gasteiger partial charge in [0.2, 0.25) is 0 Å². The lowest BCUT2D eigenvalue weighted by Gasteiger charge is -2.10. The van der Waals surface area contributed by atoms with Crippen molar-refractivity contribution in [1.82, 2.24) is 0 Å². The zero-order chi connectivity index (χ0) is 20.5. The monoisotopic (exact) mass is 381 g/mol. The highest BCUT2D eigenvalue weighted by Gasteiger charge is 2.07. The Kier molecular flexibility index (Phi) is 7.01. The molecule has 0 saturated carbocycles. The number of anilines is 1. The lowest BCUT2D eigenvalue weighted by Crippen LogP contribution is -2.14. The minimum Gasteiger partial charge on any atom is -0.397 e. The Morgan fingerprint density at radius 1 is 0.828 bits per heavy atom. The molecule has 0 atom stereocenters. The van der Waals surface area contributed by atoms with E-state index in [1.165, 1.54) is 5.56 Å². The molecule has 0 aliphatic rings. The van der Waals surface area contributed by atoms with Crippen molar-refractivity contribution in [1.29, 1.82) is 0 Å². The summed E-state index contributed by atoms with van der Waals surface area (Å²) in [6.45, 7) is 2.06. The Morgan fingerprint density at radius 2 is 1.41 bits per heavy atom. The zero-order valence-electron chi connectivity index (χ0n) is 16.8. The molecule has 3 nitrogen and oxygen atoms in total. The van der Waals surface area contributed by atoms with Gasteiger partial charge in [0.1, 0.15) is 0 Å². The van der Waals surface area contributed by atoms with Crippen LogP contribution in [0.5, 0.6) is 0 Å². The summed E-state index contributed by atoms with van der Waals surface area (Å²) < 4.78 is 0. The van der Waals surface area contributed by atoms with Crippen molar-refractivity contribution in [3.63, 3.8) is 0 Å². The van der Waals surface area contributed by atoms with Gasteiger partial charge in [-0.2, -0.15) is 0 Å². The molecule has 0 unspecified atom stereocenters. The average molecular weight is 382 g/mol. The minimum absolute atomic E-state index is 0.641. The van der Waals surface area contributed by atoms with E-state index in [4.69, 9.17) is 16.5 Å². The molecule has 0 heterocycles. The van der Waals surface area contributed by atoms with Gasteiger partial charge in [-0.15, -0.1) is 0 Å². The first-order valence-corrected chi connectivity index (χ1v) is 9.76. The number of nitrogens with two attached hydrogens (primary N) is 2. The number of hydrogen-bond acceptors (Lipinski definition) is 3. The average Bonchev–Trinajstić information content (AvgIpc) is 2.75. The number of aliphatic imine (C=N–C) groups is 1. The molecule has 3 heteroatoms. The van der Waals surface area contributed by atoms with Crippen LogP contribution in [0.3, 0.4) is 0 Å². The van der Waals surface area contributed by atoms with Gasteiger partial charge in [0.25, 0.3) is 0 Å². The Balaban J connectivity index is 1.87. The molecule has 0 spiro atoms. The van der Waals surface area contributed by atoms with Crippen molar-refractivity contribution in [3.8, 4) is 0 Å². The molecule has 0 aromatic heterocycles. The highest BCUT2D eigenvalue weighted by Crippen LogP contribution is 2.22. The lowest BCUT2D eigenvalue weighted by atomic mass is 10.0. The van der Waals surface area contributed by atoms with Crippen LogP contribution in [0.25, 0.3) is 0 Å². The number of rotatable bonds is 7. The highest BCUT2D eigenvalue weighted by molar-refractivity contribution is 6.03. The molecule has 3 rings (SSSR count). The van der Waals surface area contributed by atoms with Crippen LogP contribution in [-0.2, 0) is 12.8 Å². The Morgan fingerprint density at radius 3 is 2.07 bits per heavy atom. The predicted octanol–water partition coefficient (Wildman–Crippen LogP) is 5.62. The maximum absolute atomic E-state index is 6.48. The second-order valence-electron chi connectivity index (χ2n) is 7.02. The third-order valence-corrected chi connectivity index (χ3v) is 4.63. The smallest absolute Gasteiger partial charge is 0.0863 e. The number of allylic oxidation sites excluding steroid dienone is 4. The third-order valence-electron chi connectivity index (χ3n) is 4.63. The van der Waals surface area contributed by atoms with Gasteiger partial charge < -0.3 is 11.5 Å². The molecule has 0 amide bonds. The van der Waals surface area contributed by atoms with Gasteiger partial charge in [0, 0.05) is 6.42 Å². The van der Waals surface area contributed by atoms with Crippen molar-refractivity contribution in [3.05, 3.63) is 119 Å². The zero-order valence-corrected chi connectivity index (χ0v) is 16.8.